The van der Waals surface area contributed by atoms with Crippen LogP contribution in [0.15, 0.2) is 12.1 Å². The van der Waals surface area contributed by atoms with Gasteiger partial charge in [0.2, 0.25) is 0 Å². The molecule has 0 saturated carbocycles. The van der Waals surface area contributed by atoms with Crippen molar-refractivity contribution in [3.8, 4) is 0 Å². The van der Waals surface area contributed by atoms with Gasteiger partial charge < -0.3 is 20.9 Å². The molecular weight excluding hydrogens is 303 g/mol. The number of halogens is 2. The third kappa shape index (κ3) is 3.01. The number of nitrogen functional groups attached to an aromatic ring is 1. The van der Waals surface area contributed by atoms with Gasteiger partial charge in [0.05, 0.1) is 21.8 Å². The first-order valence-corrected chi connectivity index (χ1v) is 6.96. The van der Waals surface area contributed by atoms with E-state index in [9.17, 15) is 9.90 Å². The normalized spacial score (nSPS) is 25.7. The fraction of sp³-hybridized carbons (Fsp3) is 0.462. The summed E-state index contributed by atoms with van der Waals surface area (Å²) in [5.74, 6) is -0.372. The van der Waals surface area contributed by atoms with Gasteiger partial charge in [0, 0.05) is 25.1 Å². The molecular formula is C13H16Cl2N2O3. The largest absolute Gasteiger partial charge is 0.397 e. The molecule has 1 aromatic carbocycles. The van der Waals surface area contributed by atoms with E-state index in [1.807, 2.05) is 0 Å². The summed E-state index contributed by atoms with van der Waals surface area (Å²) in [6.45, 7) is 2.36. The Balaban J connectivity index is 2.06. The van der Waals surface area contributed by atoms with Crippen molar-refractivity contribution in [2.75, 3.05) is 18.9 Å². The van der Waals surface area contributed by atoms with E-state index in [-0.39, 0.29) is 34.3 Å². The summed E-state index contributed by atoms with van der Waals surface area (Å²) in [5, 5.41) is 13.4. The molecule has 2 unspecified atom stereocenters. The summed E-state index contributed by atoms with van der Waals surface area (Å²) < 4.78 is 5.30. The van der Waals surface area contributed by atoms with Gasteiger partial charge in [-0.2, -0.15) is 0 Å². The molecule has 1 heterocycles. The average molecular weight is 319 g/mol. The number of aliphatic hydroxyl groups is 1. The standard InChI is InChI=1S/C13H16Cl2N2O3/c1-7-13(19,2-3-20-7)6-17-12(18)8-4-9(14)11(15)10(16)5-8/h4-5,7,19H,2-3,6,16H2,1H3,(H,17,18). The minimum Gasteiger partial charge on any atom is -0.397 e. The second kappa shape index (κ2) is 5.77. The Kier molecular flexibility index (Phi) is 4.44. The number of carbonyl (C=O) groups excluding carboxylic acids is 1. The highest BCUT2D eigenvalue weighted by molar-refractivity contribution is 6.43. The quantitative estimate of drug-likeness (QED) is 0.742. The summed E-state index contributed by atoms with van der Waals surface area (Å²) in [6, 6.07) is 2.89. The van der Waals surface area contributed by atoms with Crippen LogP contribution in [0.25, 0.3) is 0 Å². The Bertz CT molecular complexity index is 515. The Morgan fingerprint density at radius 2 is 2.30 bits per heavy atom. The Labute approximate surface area is 127 Å². The number of amides is 1. The van der Waals surface area contributed by atoms with E-state index in [4.69, 9.17) is 33.7 Å². The van der Waals surface area contributed by atoms with Crippen LogP contribution in [0.4, 0.5) is 5.69 Å². The maximum Gasteiger partial charge on any atom is 0.251 e. The minimum atomic E-state index is -1.04. The van der Waals surface area contributed by atoms with Crippen LogP contribution in [0.3, 0.4) is 0 Å². The van der Waals surface area contributed by atoms with Crippen molar-refractivity contribution in [1.82, 2.24) is 5.32 Å². The van der Waals surface area contributed by atoms with Crippen LogP contribution >= 0.6 is 23.2 Å². The first-order chi connectivity index (χ1) is 9.33. The monoisotopic (exact) mass is 318 g/mol. The predicted octanol–water partition coefficient (Wildman–Crippen LogP) is 1.85. The number of nitrogens with two attached hydrogens (primary N) is 1. The lowest BCUT2D eigenvalue weighted by Crippen LogP contribution is -2.47. The molecule has 2 rings (SSSR count). The van der Waals surface area contributed by atoms with Gasteiger partial charge in [-0.15, -0.1) is 0 Å². The third-order valence-corrected chi connectivity index (χ3v) is 4.35. The number of hydrogen-bond donors (Lipinski definition) is 3. The molecule has 0 aromatic heterocycles. The third-order valence-electron chi connectivity index (χ3n) is 3.53. The summed E-state index contributed by atoms with van der Waals surface area (Å²) >= 11 is 11.7. The van der Waals surface area contributed by atoms with Crippen molar-refractivity contribution in [2.45, 2.75) is 25.0 Å². The Morgan fingerprint density at radius 3 is 2.85 bits per heavy atom. The molecule has 1 aliphatic rings. The molecule has 1 fully saturated rings. The number of carbonyl (C=O) groups is 1. The predicted molar refractivity (Wildman–Crippen MR) is 78.2 cm³/mol. The second-order valence-corrected chi connectivity index (χ2v) is 5.70. The highest BCUT2D eigenvalue weighted by Gasteiger charge is 2.39. The first-order valence-electron chi connectivity index (χ1n) is 6.20. The molecule has 4 N–H and O–H groups in total. The number of rotatable bonds is 3. The molecule has 0 aliphatic carbocycles. The van der Waals surface area contributed by atoms with Crippen LogP contribution in [-0.4, -0.2) is 35.9 Å². The Hall–Kier alpha value is -1.01. The molecule has 5 nitrogen and oxygen atoms in total. The van der Waals surface area contributed by atoms with Crippen LogP contribution in [0, 0.1) is 0 Å². The zero-order valence-electron chi connectivity index (χ0n) is 11.0. The number of anilines is 1. The molecule has 0 spiro atoms. The van der Waals surface area contributed by atoms with Gasteiger partial charge in [-0.05, 0) is 19.1 Å². The average Bonchev–Trinajstić information content (AvgIpc) is 2.73. The smallest absolute Gasteiger partial charge is 0.251 e. The zero-order valence-corrected chi connectivity index (χ0v) is 12.5. The summed E-state index contributed by atoms with van der Waals surface area (Å²) in [5.41, 5.74) is 5.15. The first kappa shape index (κ1) is 15.4. The van der Waals surface area contributed by atoms with Gasteiger partial charge in [0.25, 0.3) is 5.91 Å². The van der Waals surface area contributed by atoms with Crippen molar-refractivity contribution in [3.05, 3.63) is 27.7 Å². The van der Waals surface area contributed by atoms with Gasteiger partial charge in [-0.25, -0.2) is 0 Å². The molecule has 0 radical (unpaired) electrons. The molecule has 110 valence electrons. The Morgan fingerprint density at radius 1 is 1.60 bits per heavy atom. The molecule has 0 bridgehead atoms. The fourth-order valence-electron chi connectivity index (χ4n) is 2.08. The van der Waals surface area contributed by atoms with E-state index in [0.717, 1.165) is 0 Å². The molecule has 2 atom stereocenters. The molecule has 1 aliphatic heterocycles. The van der Waals surface area contributed by atoms with Crippen LogP contribution < -0.4 is 11.1 Å². The lowest BCUT2D eigenvalue weighted by molar-refractivity contribution is -0.0251. The van der Waals surface area contributed by atoms with Crippen molar-refractivity contribution >= 4 is 34.8 Å². The SMILES string of the molecule is CC1OCCC1(O)CNC(=O)c1cc(N)c(Cl)c(Cl)c1. The van der Waals surface area contributed by atoms with Crippen LogP contribution in [0.5, 0.6) is 0 Å². The van der Waals surface area contributed by atoms with Crippen LogP contribution in [0.1, 0.15) is 23.7 Å². The highest BCUT2D eigenvalue weighted by atomic mass is 35.5. The van der Waals surface area contributed by atoms with Gasteiger partial charge in [0.1, 0.15) is 5.60 Å². The molecule has 20 heavy (non-hydrogen) atoms. The maximum atomic E-state index is 12.0. The maximum absolute atomic E-state index is 12.0. The van der Waals surface area contributed by atoms with Crippen molar-refractivity contribution < 1.29 is 14.6 Å². The topological polar surface area (TPSA) is 84.6 Å². The van der Waals surface area contributed by atoms with Gasteiger partial charge in [-0.1, -0.05) is 23.2 Å². The number of hydrogen-bond acceptors (Lipinski definition) is 4. The van der Waals surface area contributed by atoms with Gasteiger partial charge in [-0.3, -0.25) is 4.79 Å². The lowest BCUT2D eigenvalue weighted by Gasteiger charge is -2.26. The second-order valence-electron chi connectivity index (χ2n) is 4.91. The minimum absolute atomic E-state index is 0.104. The van der Waals surface area contributed by atoms with Gasteiger partial charge in [0.15, 0.2) is 0 Å². The summed E-state index contributed by atoms with van der Waals surface area (Å²) in [4.78, 5) is 12.0. The van der Waals surface area contributed by atoms with E-state index < -0.39 is 5.60 Å². The van der Waals surface area contributed by atoms with E-state index in [1.165, 1.54) is 12.1 Å². The van der Waals surface area contributed by atoms with E-state index >= 15 is 0 Å². The van der Waals surface area contributed by atoms with E-state index in [1.54, 1.807) is 6.92 Å². The number of ether oxygens (including phenoxy) is 1. The summed E-state index contributed by atoms with van der Waals surface area (Å²) in [7, 11) is 0. The number of nitrogens with one attached hydrogen (secondary N) is 1. The number of benzene rings is 1. The van der Waals surface area contributed by atoms with E-state index in [2.05, 4.69) is 5.32 Å². The summed E-state index contributed by atoms with van der Waals surface area (Å²) in [6.07, 6.45) is 0.166. The molecule has 1 amide bonds. The van der Waals surface area contributed by atoms with Crippen LogP contribution in [-0.2, 0) is 4.74 Å². The molecule has 1 aromatic rings. The lowest BCUT2D eigenvalue weighted by atomic mass is 9.96. The molecule has 7 heteroatoms. The van der Waals surface area contributed by atoms with Crippen molar-refractivity contribution in [2.24, 2.45) is 0 Å². The van der Waals surface area contributed by atoms with Crippen LogP contribution in [0.2, 0.25) is 10.0 Å². The van der Waals surface area contributed by atoms with Gasteiger partial charge >= 0.3 is 0 Å². The van der Waals surface area contributed by atoms with Crippen molar-refractivity contribution in [1.29, 1.82) is 0 Å². The molecule has 1 saturated heterocycles. The van der Waals surface area contributed by atoms with Crippen molar-refractivity contribution in [3.63, 3.8) is 0 Å². The van der Waals surface area contributed by atoms with E-state index in [0.29, 0.717) is 18.6 Å². The highest BCUT2D eigenvalue weighted by Crippen LogP contribution is 2.29. The fourth-order valence-corrected chi connectivity index (χ4v) is 2.42. The zero-order chi connectivity index (χ0) is 14.9.